The molecule has 8 nitrogen and oxygen atoms in total. The summed E-state index contributed by atoms with van der Waals surface area (Å²) in [6.07, 6.45) is 9.87. The number of nitrogens with one attached hydrogen (secondary N) is 1. The van der Waals surface area contributed by atoms with Crippen molar-refractivity contribution >= 4 is 17.6 Å². The van der Waals surface area contributed by atoms with E-state index in [4.69, 9.17) is 9.47 Å². The van der Waals surface area contributed by atoms with Gasteiger partial charge in [0.1, 0.15) is 11.2 Å². The summed E-state index contributed by atoms with van der Waals surface area (Å²) in [4.78, 5) is 38.9. The zero-order valence-electron chi connectivity index (χ0n) is 26.4. The van der Waals surface area contributed by atoms with Gasteiger partial charge >= 0.3 is 11.9 Å². The van der Waals surface area contributed by atoms with Gasteiger partial charge in [0.05, 0.1) is 22.0 Å². The molecule has 0 spiro atoms. The van der Waals surface area contributed by atoms with Crippen molar-refractivity contribution in [2.24, 2.45) is 0 Å². The van der Waals surface area contributed by atoms with Crippen LogP contribution in [0.25, 0.3) is 0 Å². The Kier molecular flexibility index (Phi) is 12.6. The smallest absolute Gasteiger partial charge is 0.337 e. The number of non-ortho nitro benzene ring substituents is 1. The highest BCUT2D eigenvalue weighted by Crippen LogP contribution is 2.41. The quantitative estimate of drug-likeness (QED) is 0.0919. The van der Waals surface area contributed by atoms with Crippen molar-refractivity contribution in [3.8, 4) is 0 Å². The number of nitro benzene ring substituents is 1. The molecule has 1 aromatic rings. The van der Waals surface area contributed by atoms with Crippen LogP contribution in [0.1, 0.15) is 131 Å². The second-order valence-electron chi connectivity index (χ2n) is 12.4. The fourth-order valence-corrected chi connectivity index (χ4v) is 5.36. The first-order valence-corrected chi connectivity index (χ1v) is 15.1. The average molecular weight is 571 g/mol. The van der Waals surface area contributed by atoms with E-state index in [1.807, 2.05) is 27.7 Å². The van der Waals surface area contributed by atoms with Crippen LogP contribution in [0.15, 0.2) is 46.8 Å². The normalized spacial score (nSPS) is 14.6. The van der Waals surface area contributed by atoms with Crippen LogP contribution in [0.4, 0.5) is 5.69 Å². The van der Waals surface area contributed by atoms with Crippen LogP contribution < -0.4 is 5.32 Å². The minimum atomic E-state index is -0.886. The Morgan fingerprint density at radius 1 is 0.829 bits per heavy atom. The monoisotopic (exact) mass is 570 g/mol. The number of carbonyl (C=O) groups excluding carboxylic acids is 2. The Bertz CT molecular complexity index is 1090. The van der Waals surface area contributed by atoms with Crippen molar-refractivity contribution in [3.63, 3.8) is 0 Å². The van der Waals surface area contributed by atoms with E-state index in [1.54, 1.807) is 26.0 Å². The third-order valence-electron chi connectivity index (χ3n) is 7.62. The standard InChI is InChI=1S/C33H50N2O6/c1-9-11-13-15-20-32(5,6)40-30(36)27-23(3)34-24(4)28(29(27)25-18-17-19-26(22-25)35(38)39)31(37)41-33(7,8)21-16-14-12-10-2/h17-19,22,29,34H,9-16,20-21H2,1-8H3. The predicted molar refractivity (Wildman–Crippen MR) is 162 cm³/mol. The minimum absolute atomic E-state index is 0.121. The molecule has 1 N–H and O–H groups in total. The first-order chi connectivity index (χ1) is 19.2. The van der Waals surface area contributed by atoms with E-state index in [1.165, 1.54) is 12.1 Å². The molecule has 0 bridgehead atoms. The van der Waals surface area contributed by atoms with Gasteiger partial charge in [0, 0.05) is 23.5 Å². The summed E-state index contributed by atoms with van der Waals surface area (Å²) in [5, 5.41) is 14.8. The van der Waals surface area contributed by atoms with Crippen molar-refractivity contribution in [2.45, 2.75) is 137 Å². The Hall–Kier alpha value is -3.16. The van der Waals surface area contributed by atoms with Crippen molar-refractivity contribution in [1.29, 1.82) is 0 Å². The maximum Gasteiger partial charge on any atom is 0.337 e. The Morgan fingerprint density at radius 3 is 1.71 bits per heavy atom. The first-order valence-electron chi connectivity index (χ1n) is 15.1. The maximum atomic E-state index is 13.8. The van der Waals surface area contributed by atoms with Crippen molar-refractivity contribution in [1.82, 2.24) is 5.32 Å². The number of hydrogen-bond acceptors (Lipinski definition) is 7. The molecule has 1 aromatic carbocycles. The SMILES string of the molecule is CCCCCCC(C)(C)OC(=O)C1=C(C)NC(C)=C(C(=O)OC(C)(C)CCCCCC)C1c1cccc([N+](=O)[O-])c1. The van der Waals surface area contributed by atoms with Crippen LogP contribution in [-0.4, -0.2) is 28.1 Å². The highest BCUT2D eigenvalue weighted by atomic mass is 16.6. The molecule has 1 aliphatic heterocycles. The Labute approximate surface area is 246 Å². The molecule has 0 aliphatic carbocycles. The van der Waals surface area contributed by atoms with Gasteiger partial charge in [0.25, 0.3) is 5.69 Å². The summed E-state index contributed by atoms with van der Waals surface area (Å²) >= 11 is 0. The molecule has 0 saturated carbocycles. The summed E-state index contributed by atoms with van der Waals surface area (Å²) < 4.78 is 12.1. The van der Waals surface area contributed by atoms with Crippen LogP contribution in [0.3, 0.4) is 0 Å². The zero-order chi connectivity index (χ0) is 30.8. The van der Waals surface area contributed by atoms with Crippen LogP contribution in [0.5, 0.6) is 0 Å². The molecule has 0 aromatic heterocycles. The van der Waals surface area contributed by atoms with Crippen LogP contribution in [-0.2, 0) is 19.1 Å². The van der Waals surface area contributed by atoms with E-state index in [0.717, 1.165) is 51.4 Å². The predicted octanol–water partition coefficient (Wildman–Crippen LogP) is 8.41. The zero-order valence-corrected chi connectivity index (χ0v) is 26.4. The van der Waals surface area contributed by atoms with E-state index >= 15 is 0 Å². The number of hydrogen-bond donors (Lipinski definition) is 1. The van der Waals surface area contributed by atoms with Gasteiger partial charge in [0.2, 0.25) is 0 Å². The van der Waals surface area contributed by atoms with Gasteiger partial charge in [-0.1, -0.05) is 64.5 Å². The number of nitrogens with zero attached hydrogens (tertiary/aromatic N) is 1. The summed E-state index contributed by atoms with van der Waals surface area (Å²) in [6, 6.07) is 6.09. The van der Waals surface area contributed by atoms with Crippen LogP contribution in [0, 0.1) is 10.1 Å². The molecule has 0 fully saturated rings. The lowest BCUT2D eigenvalue weighted by atomic mass is 9.80. The molecule has 0 amide bonds. The first kappa shape index (κ1) is 34.0. The van der Waals surface area contributed by atoms with E-state index in [2.05, 4.69) is 19.2 Å². The highest BCUT2D eigenvalue weighted by Gasteiger charge is 2.41. The molecule has 41 heavy (non-hydrogen) atoms. The van der Waals surface area contributed by atoms with Crippen molar-refractivity contribution < 1.29 is 24.0 Å². The van der Waals surface area contributed by atoms with Gasteiger partial charge in [-0.25, -0.2) is 9.59 Å². The number of unbranched alkanes of at least 4 members (excludes halogenated alkanes) is 6. The van der Waals surface area contributed by atoms with Gasteiger partial charge in [-0.05, 0) is 72.8 Å². The summed E-state index contributed by atoms with van der Waals surface area (Å²) in [5.41, 5.74) is 0.494. The molecular formula is C33H50N2O6. The lowest BCUT2D eigenvalue weighted by Gasteiger charge is -2.34. The number of nitro groups is 1. The summed E-state index contributed by atoms with van der Waals surface area (Å²) in [5.74, 6) is -1.99. The largest absolute Gasteiger partial charge is 0.456 e. The summed E-state index contributed by atoms with van der Waals surface area (Å²) in [7, 11) is 0. The molecule has 2 rings (SSSR count). The van der Waals surface area contributed by atoms with Crippen molar-refractivity contribution in [2.75, 3.05) is 0 Å². The fraction of sp³-hybridized carbons (Fsp3) is 0.636. The number of carbonyl (C=O) groups is 2. The van der Waals surface area contributed by atoms with E-state index in [-0.39, 0.29) is 16.8 Å². The van der Waals surface area contributed by atoms with Gasteiger partial charge in [0.15, 0.2) is 0 Å². The number of benzene rings is 1. The lowest BCUT2D eigenvalue weighted by molar-refractivity contribution is -0.384. The fourth-order valence-electron chi connectivity index (χ4n) is 5.36. The average Bonchev–Trinajstić information content (AvgIpc) is 2.88. The van der Waals surface area contributed by atoms with Crippen molar-refractivity contribution in [3.05, 3.63) is 62.5 Å². The van der Waals surface area contributed by atoms with Gasteiger partial charge < -0.3 is 14.8 Å². The Balaban J connectivity index is 2.48. The van der Waals surface area contributed by atoms with Crippen LogP contribution in [0.2, 0.25) is 0 Å². The second-order valence-corrected chi connectivity index (χ2v) is 12.4. The van der Waals surface area contributed by atoms with E-state index in [0.29, 0.717) is 29.8 Å². The summed E-state index contributed by atoms with van der Waals surface area (Å²) in [6.45, 7) is 15.4. The molecule has 0 saturated heterocycles. The van der Waals surface area contributed by atoms with E-state index < -0.39 is 34.0 Å². The molecule has 228 valence electrons. The third-order valence-corrected chi connectivity index (χ3v) is 7.62. The molecule has 1 aliphatic rings. The highest BCUT2D eigenvalue weighted by molar-refractivity contribution is 6.00. The maximum absolute atomic E-state index is 13.8. The number of esters is 2. The molecule has 0 atom stereocenters. The molecule has 8 heteroatoms. The number of ether oxygens (including phenoxy) is 2. The van der Waals surface area contributed by atoms with Gasteiger partial charge in [-0.15, -0.1) is 0 Å². The number of allylic oxidation sites excluding steroid dienone is 2. The van der Waals surface area contributed by atoms with Gasteiger partial charge in [-0.2, -0.15) is 0 Å². The molecule has 0 radical (unpaired) electrons. The number of dihydropyridines is 1. The second kappa shape index (κ2) is 15.2. The van der Waals surface area contributed by atoms with Crippen LogP contribution >= 0.6 is 0 Å². The van der Waals surface area contributed by atoms with Gasteiger partial charge in [-0.3, -0.25) is 10.1 Å². The molecule has 0 unspecified atom stereocenters. The third kappa shape index (κ3) is 10.0. The topological polar surface area (TPSA) is 108 Å². The molecule has 1 heterocycles. The molecular weight excluding hydrogens is 520 g/mol. The Morgan fingerprint density at radius 2 is 1.29 bits per heavy atom. The minimum Gasteiger partial charge on any atom is -0.456 e. The number of rotatable bonds is 16. The van der Waals surface area contributed by atoms with E-state index in [9.17, 15) is 19.7 Å². The lowest BCUT2D eigenvalue weighted by Crippen LogP contribution is -2.37.